The first kappa shape index (κ1) is 15.2. The van der Waals surface area contributed by atoms with Gasteiger partial charge in [0.2, 0.25) is 0 Å². The maximum Gasteiger partial charge on any atom is 0.396 e. The van der Waals surface area contributed by atoms with Crippen LogP contribution in [0, 0.1) is 27.7 Å². The lowest BCUT2D eigenvalue weighted by molar-refractivity contribution is -0.152. The van der Waals surface area contributed by atoms with E-state index in [1.54, 1.807) is 0 Å². The SMILES string of the molecule is COC(=O)C(=O)NCCc1c(C)c(C)cc(C)c1C. The van der Waals surface area contributed by atoms with Crippen LogP contribution in [0.25, 0.3) is 0 Å². The molecule has 1 rings (SSSR count). The number of carbonyl (C=O) groups is 2. The summed E-state index contributed by atoms with van der Waals surface area (Å²) in [5.74, 6) is -1.55. The molecule has 4 heteroatoms. The van der Waals surface area contributed by atoms with Gasteiger partial charge in [-0.25, -0.2) is 4.79 Å². The Labute approximate surface area is 114 Å². The second-order valence-corrected chi connectivity index (χ2v) is 4.74. The summed E-state index contributed by atoms with van der Waals surface area (Å²) in [6.07, 6.45) is 0.711. The molecule has 0 saturated carbocycles. The van der Waals surface area contributed by atoms with E-state index in [4.69, 9.17) is 0 Å². The zero-order valence-electron chi connectivity index (χ0n) is 12.2. The van der Waals surface area contributed by atoms with E-state index in [9.17, 15) is 9.59 Å². The van der Waals surface area contributed by atoms with E-state index in [2.05, 4.69) is 43.8 Å². The molecule has 1 aromatic carbocycles. The second kappa shape index (κ2) is 6.36. The van der Waals surface area contributed by atoms with Gasteiger partial charge in [-0.15, -0.1) is 0 Å². The van der Waals surface area contributed by atoms with E-state index in [0.29, 0.717) is 13.0 Å². The number of benzene rings is 1. The number of hydrogen-bond donors (Lipinski definition) is 1. The van der Waals surface area contributed by atoms with Crippen molar-refractivity contribution in [1.29, 1.82) is 0 Å². The molecule has 0 unspecified atom stereocenters. The van der Waals surface area contributed by atoms with Crippen molar-refractivity contribution in [3.8, 4) is 0 Å². The van der Waals surface area contributed by atoms with Crippen LogP contribution in [0.4, 0.5) is 0 Å². The Hall–Kier alpha value is -1.84. The van der Waals surface area contributed by atoms with Crippen LogP contribution in [0.1, 0.15) is 27.8 Å². The number of methoxy groups -OCH3 is 1. The summed E-state index contributed by atoms with van der Waals surface area (Å²) in [5, 5.41) is 2.56. The number of esters is 1. The Morgan fingerprint density at radius 1 is 1.11 bits per heavy atom. The Morgan fingerprint density at radius 3 is 2.11 bits per heavy atom. The van der Waals surface area contributed by atoms with Gasteiger partial charge < -0.3 is 10.1 Å². The molecule has 0 aliphatic heterocycles. The first-order valence-corrected chi connectivity index (χ1v) is 6.31. The third kappa shape index (κ3) is 3.56. The summed E-state index contributed by atoms with van der Waals surface area (Å²) < 4.78 is 4.35. The Morgan fingerprint density at radius 2 is 1.63 bits per heavy atom. The summed E-state index contributed by atoms with van der Waals surface area (Å²) in [5.41, 5.74) is 6.23. The zero-order valence-corrected chi connectivity index (χ0v) is 12.2. The third-order valence-electron chi connectivity index (χ3n) is 3.55. The Kier molecular flexibility index (Phi) is 5.10. The second-order valence-electron chi connectivity index (χ2n) is 4.74. The molecule has 4 nitrogen and oxygen atoms in total. The van der Waals surface area contributed by atoms with E-state index in [0.717, 1.165) is 0 Å². The fraction of sp³-hybridized carbons (Fsp3) is 0.467. The van der Waals surface area contributed by atoms with Crippen LogP contribution in [-0.4, -0.2) is 25.5 Å². The topological polar surface area (TPSA) is 55.4 Å². The fourth-order valence-corrected chi connectivity index (χ4v) is 2.14. The minimum Gasteiger partial charge on any atom is -0.462 e. The molecule has 0 aromatic heterocycles. The van der Waals surface area contributed by atoms with Crippen LogP contribution in [0.3, 0.4) is 0 Å². The number of hydrogen-bond acceptors (Lipinski definition) is 3. The van der Waals surface area contributed by atoms with Crippen molar-refractivity contribution in [1.82, 2.24) is 5.32 Å². The molecule has 0 aliphatic carbocycles. The highest BCUT2D eigenvalue weighted by molar-refractivity contribution is 6.32. The number of ether oxygens (including phenoxy) is 1. The number of aryl methyl sites for hydroxylation is 2. The predicted octanol–water partition coefficient (Wildman–Crippen LogP) is 1.75. The van der Waals surface area contributed by atoms with E-state index in [1.165, 1.54) is 34.9 Å². The Balaban J connectivity index is 2.74. The molecule has 0 radical (unpaired) electrons. The van der Waals surface area contributed by atoms with Gasteiger partial charge in [0.1, 0.15) is 0 Å². The summed E-state index contributed by atoms with van der Waals surface area (Å²) >= 11 is 0. The lowest BCUT2D eigenvalue weighted by atomic mass is 9.92. The average molecular weight is 263 g/mol. The zero-order chi connectivity index (χ0) is 14.6. The van der Waals surface area contributed by atoms with E-state index in [-0.39, 0.29) is 0 Å². The van der Waals surface area contributed by atoms with E-state index < -0.39 is 11.9 Å². The minimum atomic E-state index is -0.853. The lowest BCUT2D eigenvalue weighted by Crippen LogP contribution is -2.33. The van der Waals surface area contributed by atoms with Crippen LogP contribution in [0.5, 0.6) is 0 Å². The molecular formula is C15H21NO3. The van der Waals surface area contributed by atoms with Gasteiger partial charge in [-0.2, -0.15) is 0 Å². The van der Waals surface area contributed by atoms with Crippen LogP contribution in [0.2, 0.25) is 0 Å². The highest BCUT2D eigenvalue weighted by atomic mass is 16.5. The summed E-state index contributed by atoms with van der Waals surface area (Å²) in [6.45, 7) is 8.76. The first-order chi connectivity index (χ1) is 8.88. The van der Waals surface area contributed by atoms with Crippen molar-refractivity contribution in [2.75, 3.05) is 13.7 Å². The van der Waals surface area contributed by atoms with Gasteiger partial charge in [0, 0.05) is 6.54 Å². The lowest BCUT2D eigenvalue weighted by Gasteiger charge is -2.15. The summed E-state index contributed by atoms with van der Waals surface area (Å²) in [4.78, 5) is 22.2. The Bertz CT molecular complexity index is 480. The van der Waals surface area contributed by atoms with Gasteiger partial charge in [-0.3, -0.25) is 4.79 Å². The van der Waals surface area contributed by atoms with Crippen molar-refractivity contribution in [2.45, 2.75) is 34.1 Å². The minimum absolute atomic E-state index is 0.429. The first-order valence-electron chi connectivity index (χ1n) is 6.31. The normalized spacial score (nSPS) is 10.2. The number of carbonyl (C=O) groups excluding carboxylic acids is 2. The van der Waals surface area contributed by atoms with Gasteiger partial charge in [0.05, 0.1) is 7.11 Å². The summed E-state index contributed by atoms with van der Waals surface area (Å²) in [7, 11) is 1.19. The molecule has 19 heavy (non-hydrogen) atoms. The largest absolute Gasteiger partial charge is 0.462 e. The van der Waals surface area contributed by atoms with E-state index >= 15 is 0 Å². The number of amides is 1. The molecule has 104 valence electrons. The molecule has 1 aromatic rings. The molecule has 0 fully saturated rings. The van der Waals surface area contributed by atoms with Gasteiger partial charge in [-0.05, 0) is 61.9 Å². The molecule has 0 bridgehead atoms. The quantitative estimate of drug-likeness (QED) is 0.667. The average Bonchev–Trinajstić information content (AvgIpc) is 2.39. The summed E-state index contributed by atoms with van der Waals surface area (Å²) in [6, 6.07) is 2.17. The monoisotopic (exact) mass is 263 g/mol. The van der Waals surface area contributed by atoms with Crippen molar-refractivity contribution in [3.05, 3.63) is 33.9 Å². The molecular weight excluding hydrogens is 242 g/mol. The van der Waals surface area contributed by atoms with E-state index in [1.807, 2.05) is 0 Å². The number of rotatable bonds is 3. The van der Waals surface area contributed by atoms with Gasteiger partial charge in [-0.1, -0.05) is 6.07 Å². The van der Waals surface area contributed by atoms with Gasteiger partial charge in [0.15, 0.2) is 0 Å². The van der Waals surface area contributed by atoms with Crippen LogP contribution in [0.15, 0.2) is 6.07 Å². The third-order valence-corrected chi connectivity index (χ3v) is 3.55. The molecule has 0 spiro atoms. The van der Waals surface area contributed by atoms with Gasteiger partial charge in [0.25, 0.3) is 0 Å². The van der Waals surface area contributed by atoms with Crippen molar-refractivity contribution >= 4 is 11.9 Å². The molecule has 0 atom stereocenters. The molecule has 0 saturated heterocycles. The van der Waals surface area contributed by atoms with Crippen LogP contribution >= 0.6 is 0 Å². The smallest absolute Gasteiger partial charge is 0.396 e. The van der Waals surface area contributed by atoms with Crippen LogP contribution in [-0.2, 0) is 20.7 Å². The maximum atomic E-state index is 11.3. The molecule has 1 N–H and O–H groups in total. The van der Waals surface area contributed by atoms with Crippen LogP contribution < -0.4 is 5.32 Å². The molecule has 1 amide bonds. The van der Waals surface area contributed by atoms with Crippen molar-refractivity contribution in [3.63, 3.8) is 0 Å². The van der Waals surface area contributed by atoms with Crippen molar-refractivity contribution < 1.29 is 14.3 Å². The maximum absolute atomic E-state index is 11.3. The molecule has 0 heterocycles. The molecule has 0 aliphatic rings. The fourth-order valence-electron chi connectivity index (χ4n) is 2.14. The predicted molar refractivity (Wildman–Crippen MR) is 74.1 cm³/mol. The standard InChI is InChI=1S/C15H21NO3/c1-9-8-10(2)12(4)13(11(9)3)6-7-16-14(17)15(18)19-5/h8H,6-7H2,1-5H3,(H,16,17). The van der Waals surface area contributed by atoms with Gasteiger partial charge >= 0.3 is 11.9 Å². The van der Waals surface area contributed by atoms with Crippen molar-refractivity contribution in [2.24, 2.45) is 0 Å². The number of nitrogens with one attached hydrogen (secondary N) is 1. The highest BCUT2D eigenvalue weighted by Crippen LogP contribution is 2.21. The highest BCUT2D eigenvalue weighted by Gasteiger charge is 2.13.